The Kier molecular flexibility index (Phi) is 7.43. The van der Waals surface area contributed by atoms with Crippen molar-refractivity contribution in [1.82, 2.24) is 4.90 Å². The molecule has 29 heavy (non-hydrogen) atoms. The van der Waals surface area contributed by atoms with Gasteiger partial charge in [0.2, 0.25) is 0 Å². The molecule has 2 fully saturated rings. The van der Waals surface area contributed by atoms with Crippen molar-refractivity contribution in [1.29, 1.82) is 0 Å². The number of hydrogen-bond acceptors (Lipinski definition) is 6. The van der Waals surface area contributed by atoms with Crippen molar-refractivity contribution in [2.75, 3.05) is 37.7 Å². The second kappa shape index (κ2) is 10.2. The predicted octanol–water partition coefficient (Wildman–Crippen LogP) is 3.15. The van der Waals surface area contributed by atoms with E-state index in [1.54, 1.807) is 18.2 Å². The molecule has 0 atom stereocenters. The maximum atomic E-state index is 12.4. The number of para-hydroxylation sites is 2. The standard InChI is InChI=1S/C21H29N3O5/c25-20(23-12-6-2-1-3-7-13-23)16-29-21(26)17-10-14-22(15-11-17)18-8-4-5-9-19(18)24(27)28/h4-5,8-9,17H,1-3,6-7,10-16H2. The van der Waals surface area contributed by atoms with Crippen LogP contribution >= 0.6 is 0 Å². The van der Waals surface area contributed by atoms with Crippen LogP contribution in [0.1, 0.15) is 44.9 Å². The van der Waals surface area contributed by atoms with E-state index in [2.05, 4.69) is 0 Å². The number of rotatable bonds is 5. The quantitative estimate of drug-likeness (QED) is 0.426. The normalized spacial score (nSPS) is 18.6. The molecule has 0 radical (unpaired) electrons. The molecule has 0 bridgehead atoms. The zero-order chi connectivity index (χ0) is 20.6. The summed E-state index contributed by atoms with van der Waals surface area (Å²) >= 11 is 0. The van der Waals surface area contributed by atoms with Gasteiger partial charge in [-0.1, -0.05) is 31.4 Å². The van der Waals surface area contributed by atoms with Gasteiger partial charge in [0.1, 0.15) is 5.69 Å². The first-order chi connectivity index (χ1) is 14.1. The largest absolute Gasteiger partial charge is 0.455 e. The summed E-state index contributed by atoms with van der Waals surface area (Å²) in [6.45, 7) is 2.38. The van der Waals surface area contributed by atoms with Crippen molar-refractivity contribution >= 4 is 23.3 Å². The Labute approximate surface area is 171 Å². The van der Waals surface area contributed by atoms with Gasteiger partial charge in [0.25, 0.3) is 11.6 Å². The van der Waals surface area contributed by atoms with Crippen LogP contribution in [0, 0.1) is 16.0 Å². The molecule has 1 aromatic rings. The zero-order valence-electron chi connectivity index (χ0n) is 16.8. The fourth-order valence-electron chi connectivity index (χ4n) is 4.08. The van der Waals surface area contributed by atoms with Gasteiger partial charge in [-0.05, 0) is 31.7 Å². The lowest BCUT2D eigenvalue weighted by atomic mass is 9.96. The average molecular weight is 403 g/mol. The van der Waals surface area contributed by atoms with Crippen LogP contribution in [0.15, 0.2) is 24.3 Å². The number of carbonyl (C=O) groups excluding carboxylic acids is 2. The van der Waals surface area contributed by atoms with Crippen molar-refractivity contribution in [2.24, 2.45) is 5.92 Å². The maximum absolute atomic E-state index is 12.4. The highest BCUT2D eigenvalue weighted by Gasteiger charge is 2.29. The molecule has 0 N–H and O–H groups in total. The number of nitrogens with zero attached hydrogens (tertiary/aromatic N) is 3. The zero-order valence-corrected chi connectivity index (χ0v) is 16.8. The van der Waals surface area contributed by atoms with E-state index in [0.717, 1.165) is 38.8 Å². The number of anilines is 1. The monoisotopic (exact) mass is 403 g/mol. The van der Waals surface area contributed by atoms with Crippen LogP contribution in [-0.2, 0) is 14.3 Å². The molecule has 2 aliphatic rings. The summed E-state index contributed by atoms with van der Waals surface area (Å²) in [6.07, 6.45) is 6.63. The maximum Gasteiger partial charge on any atom is 0.309 e. The van der Waals surface area contributed by atoms with E-state index in [4.69, 9.17) is 4.74 Å². The Balaban J connectivity index is 1.46. The van der Waals surface area contributed by atoms with Crippen LogP contribution in [-0.4, -0.2) is 54.5 Å². The highest BCUT2D eigenvalue weighted by atomic mass is 16.6. The molecule has 8 nitrogen and oxygen atoms in total. The summed E-state index contributed by atoms with van der Waals surface area (Å²) in [6, 6.07) is 6.65. The Bertz CT molecular complexity index is 723. The summed E-state index contributed by atoms with van der Waals surface area (Å²) in [5.41, 5.74) is 0.656. The van der Waals surface area contributed by atoms with Crippen molar-refractivity contribution < 1.29 is 19.2 Å². The average Bonchev–Trinajstić information content (AvgIpc) is 2.71. The third kappa shape index (κ3) is 5.68. The Morgan fingerprint density at radius 2 is 1.62 bits per heavy atom. The van der Waals surface area contributed by atoms with Crippen molar-refractivity contribution in [3.8, 4) is 0 Å². The summed E-state index contributed by atoms with van der Waals surface area (Å²) < 4.78 is 5.31. The number of benzene rings is 1. The number of hydrogen-bond donors (Lipinski definition) is 0. The van der Waals surface area contributed by atoms with Crippen molar-refractivity contribution in [3.63, 3.8) is 0 Å². The predicted molar refractivity (Wildman–Crippen MR) is 109 cm³/mol. The molecule has 2 aliphatic heterocycles. The molecule has 0 saturated carbocycles. The third-order valence-electron chi connectivity index (χ3n) is 5.79. The molecule has 1 aromatic carbocycles. The van der Waals surface area contributed by atoms with Gasteiger partial charge in [-0.15, -0.1) is 0 Å². The lowest BCUT2D eigenvalue weighted by molar-refractivity contribution is -0.384. The van der Waals surface area contributed by atoms with Gasteiger partial charge < -0.3 is 14.5 Å². The molecular weight excluding hydrogens is 374 g/mol. The van der Waals surface area contributed by atoms with E-state index in [-0.39, 0.29) is 35.0 Å². The topological polar surface area (TPSA) is 93.0 Å². The highest BCUT2D eigenvalue weighted by Crippen LogP contribution is 2.31. The molecule has 2 heterocycles. The number of likely N-dealkylation sites (tertiary alicyclic amines) is 1. The first-order valence-corrected chi connectivity index (χ1v) is 10.5. The first kappa shape index (κ1) is 21.1. The van der Waals surface area contributed by atoms with Gasteiger partial charge in [-0.25, -0.2) is 0 Å². The van der Waals surface area contributed by atoms with Crippen molar-refractivity contribution in [3.05, 3.63) is 34.4 Å². The van der Waals surface area contributed by atoms with Gasteiger partial charge in [0, 0.05) is 32.2 Å². The number of amides is 1. The second-order valence-corrected chi connectivity index (χ2v) is 7.76. The Morgan fingerprint density at radius 3 is 2.28 bits per heavy atom. The van der Waals surface area contributed by atoms with Crippen molar-refractivity contribution in [2.45, 2.75) is 44.9 Å². The number of nitro groups is 1. The summed E-state index contributed by atoms with van der Waals surface area (Å²) in [5.74, 6) is -0.723. The van der Waals surface area contributed by atoms with Crippen LogP contribution in [0.5, 0.6) is 0 Å². The van der Waals surface area contributed by atoms with Gasteiger partial charge in [-0.2, -0.15) is 0 Å². The fraction of sp³-hybridized carbons (Fsp3) is 0.619. The van der Waals surface area contributed by atoms with E-state index in [0.29, 0.717) is 31.6 Å². The van der Waals surface area contributed by atoms with E-state index in [1.165, 1.54) is 12.5 Å². The fourth-order valence-corrected chi connectivity index (χ4v) is 4.08. The molecule has 0 aliphatic carbocycles. The number of nitro benzene ring substituents is 1. The summed E-state index contributed by atoms with van der Waals surface area (Å²) in [4.78, 5) is 39.4. The molecule has 0 aromatic heterocycles. The minimum absolute atomic E-state index is 0.0763. The van der Waals surface area contributed by atoms with Crippen LogP contribution in [0.3, 0.4) is 0 Å². The van der Waals surface area contributed by atoms with Crippen LogP contribution in [0.4, 0.5) is 11.4 Å². The molecule has 2 saturated heterocycles. The van der Waals surface area contributed by atoms with E-state index in [1.807, 2.05) is 9.80 Å². The van der Waals surface area contributed by atoms with Crippen LogP contribution < -0.4 is 4.90 Å². The highest BCUT2D eigenvalue weighted by molar-refractivity contribution is 5.81. The molecule has 3 rings (SSSR count). The minimum atomic E-state index is -0.383. The van der Waals surface area contributed by atoms with E-state index < -0.39 is 0 Å². The molecule has 0 spiro atoms. The SMILES string of the molecule is O=C(OCC(=O)N1CCCCCCC1)C1CCN(c2ccccc2[N+](=O)[O-])CC1. The number of piperidine rings is 1. The van der Waals surface area contributed by atoms with E-state index >= 15 is 0 Å². The van der Waals surface area contributed by atoms with Gasteiger partial charge in [0.05, 0.1) is 10.8 Å². The van der Waals surface area contributed by atoms with E-state index in [9.17, 15) is 19.7 Å². The molecule has 1 amide bonds. The second-order valence-electron chi connectivity index (χ2n) is 7.76. The van der Waals surface area contributed by atoms with Crippen LogP contribution in [0.25, 0.3) is 0 Å². The molecule has 8 heteroatoms. The lowest BCUT2D eigenvalue weighted by Gasteiger charge is -2.32. The molecule has 0 unspecified atom stereocenters. The molecular formula is C21H29N3O5. The lowest BCUT2D eigenvalue weighted by Crippen LogP contribution is -2.39. The van der Waals surface area contributed by atoms with Gasteiger partial charge >= 0.3 is 5.97 Å². The Morgan fingerprint density at radius 1 is 1.00 bits per heavy atom. The number of ether oxygens (including phenoxy) is 1. The number of carbonyl (C=O) groups is 2. The van der Waals surface area contributed by atoms with Crippen LogP contribution in [0.2, 0.25) is 0 Å². The third-order valence-corrected chi connectivity index (χ3v) is 5.79. The minimum Gasteiger partial charge on any atom is -0.455 e. The molecule has 158 valence electrons. The summed E-state index contributed by atoms with van der Waals surface area (Å²) in [5, 5.41) is 11.2. The summed E-state index contributed by atoms with van der Waals surface area (Å²) in [7, 11) is 0. The number of esters is 1. The first-order valence-electron chi connectivity index (χ1n) is 10.5. The Hall–Kier alpha value is -2.64. The smallest absolute Gasteiger partial charge is 0.309 e. The van der Waals surface area contributed by atoms with Gasteiger partial charge in [-0.3, -0.25) is 19.7 Å². The van der Waals surface area contributed by atoms with Gasteiger partial charge in [0.15, 0.2) is 6.61 Å².